The maximum absolute atomic E-state index is 12.1. The van der Waals surface area contributed by atoms with E-state index in [4.69, 9.17) is 5.11 Å². The standard InChI is InChI=1S/C14H20N2O4/c1-20-13(18)8-10-16(9-5-11-17)14(19)15-12-6-3-2-4-7-12/h2-4,6-7,17H,5,8-11H2,1H3,(H,15,19). The van der Waals surface area contributed by atoms with Gasteiger partial charge < -0.3 is 20.1 Å². The molecule has 0 bridgehead atoms. The third-order valence-electron chi connectivity index (χ3n) is 2.71. The van der Waals surface area contributed by atoms with Gasteiger partial charge in [0, 0.05) is 25.4 Å². The summed E-state index contributed by atoms with van der Waals surface area (Å²) >= 11 is 0. The summed E-state index contributed by atoms with van der Waals surface area (Å²) in [5.74, 6) is -0.369. The molecule has 0 saturated carbocycles. The molecule has 1 aromatic carbocycles. The van der Waals surface area contributed by atoms with Crippen molar-refractivity contribution < 1.29 is 19.4 Å². The lowest BCUT2D eigenvalue weighted by Gasteiger charge is -2.22. The molecule has 0 aliphatic rings. The van der Waals surface area contributed by atoms with Gasteiger partial charge in [0.2, 0.25) is 0 Å². The van der Waals surface area contributed by atoms with Gasteiger partial charge in [-0.1, -0.05) is 18.2 Å². The predicted octanol–water partition coefficient (Wildman–Crippen LogP) is 1.47. The fraction of sp³-hybridized carbons (Fsp3) is 0.429. The molecule has 0 radical (unpaired) electrons. The molecule has 1 rings (SSSR count). The van der Waals surface area contributed by atoms with Crippen molar-refractivity contribution in [3.63, 3.8) is 0 Å². The second-order valence-electron chi connectivity index (χ2n) is 4.19. The zero-order valence-electron chi connectivity index (χ0n) is 11.5. The molecule has 0 unspecified atom stereocenters. The van der Waals surface area contributed by atoms with Crippen molar-refractivity contribution in [2.24, 2.45) is 0 Å². The normalized spacial score (nSPS) is 9.90. The van der Waals surface area contributed by atoms with E-state index in [9.17, 15) is 9.59 Å². The van der Waals surface area contributed by atoms with Crippen molar-refractivity contribution >= 4 is 17.7 Å². The Bertz CT molecular complexity index is 422. The average molecular weight is 280 g/mol. The van der Waals surface area contributed by atoms with E-state index in [1.54, 1.807) is 12.1 Å². The van der Waals surface area contributed by atoms with Gasteiger partial charge >= 0.3 is 12.0 Å². The number of aliphatic hydroxyl groups is 1. The molecule has 1 aromatic rings. The monoisotopic (exact) mass is 280 g/mol. The Kier molecular flexibility index (Phi) is 7.13. The van der Waals surface area contributed by atoms with Gasteiger partial charge in [-0.2, -0.15) is 0 Å². The highest BCUT2D eigenvalue weighted by atomic mass is 16.5. The maximum Gasteiger partial charge on any atom is 0.321 e. The van der Waals surface area contributed by atoms with Crippen LogP contribution in [0.4, 0.5) is 10.5 Å². The van der Waals surface area contributed by atoms with Crippen LogP contribution < -0.4 is 5.32 Å². The van der Waals surface area contributed by atoms with Gasteiger partial charge in [0.1, 0.15) is 0 Å². The second-order valence-corrected chi connectivity index (χ2v) is 4.19. The van der Waals surface area contributed by atoms with Crippen LogP contribution in [0.15, 0.2) is 30.3 Å². The molecule has 0 aliphatic carbocycles. The van der Waals surface area contributed by atoms with Crippen molar-refractivity contribution in [1.29, 1.82) is 0 Å². The number of carbonyl (C=O) groups excluding carboxylic acids is 2. The summed E-state index contributed by atoms with van der Waals surface area (Å²) in [6.07, 6.45) is 0.591. The molecule has 0 aliphatic heterocycles. The zero-order valence-corrected chi connectivity index (χ0v) is 11.5. The van der Waals surface area contributed by atoms with E-state index in [1.165, 1.54) is 12.0 Å². The SMILES string of the molecule is COC(=O)CCN(CCCO)C(=O)Nc1ccccc1. The van der Waals surface area contributed by atoms with Crippen LogP contribution in [0.2, 0.25) is 0 Å². The van der Waals surface area contributed by atoms with E-state index in [0.29, 0.717) is 18.7 Å². The molecule has 6 heteroatoms. The predicted molar refractivity (Wildman–Crippen MR) is 75.4 cm³/mol. The summed E-state index contributed by atoms with van der Waals surface area (Å²) < 4.78 is 4.56. The minimum Gasteiger partial charge on any atom is -0.469 e. The summed E-state index contributed by atoms with van der Waals surface area (Å²) in [4.78, 5) is 24.7. The van der Waals surface area contributed by atoms with Crippen molar-refractivity contribution in [2.75, 3.05) is 32.1 Å². The molecule has 0 atom stereocenters. The first-order chi connectivity index (χ1) is 9.67. The van der Waals surface area contributed by atoms with Gasteiger partial charge in [-0.05, 0) is 18.6 Å². The quantitative estimate of drug-likeness (QED) is 0.741. The number of anilines is 1. The molecule has 110 valence electrons. The highest BCUT2D eigenvalue weighted by Crippen LogP contribution is 2.07. The van der Waals surface area contributed by atoms with Gasteiger partial charge in [-0.15, -0.1) is 0 Å². The molecule has 0 spiro atoms. The van der Waals surface area contributed by atoms with Gasteiger partial charge in [-0.25, -0.2) is 4.79 Å². The second kappa shape index (κ2) is 8.92. The Hall–Kier alpha value is -2.08. The van der Waals surface area contributed by atoms with E-state index >= 15 is 0 Å². The number of nitrogens with one attached hydrogen (secondary N) is 1. The molecule has 0 fully saturated rings. The summed E-state index contributed by atoms with van der Waals surface area (Å²) in [6.45, 7) is 0.630. The highest BCUT2D eigenvalue weighted by molar-refractivity contribution is 5.89. The third-order valence-corrected chi connectivity index (χ3v) is 2.71. The minimum absolute atomic E-state index is 0.00661. The fourth-order valence-electron chi connectivity index (χ4n) is 1.63. The average Bonchev–Trinajstić information content (AvgIpc) is 2.47. The third kappa shape index (κ3) is 5.71. The summed E-state index contributed by atoms with van der Waals surface area (Å²) in [6, 6.07) is 8.76. The topological polar surface area (TPSA) is 78.9 Å². The number of para-hydroxylation sites is 1. The summed E-state index contributed by atoms with van der Waals surface area (Å²) in [7, 11) is 1.31. The number of aliphatic hydroxyl groups excluding tert-OH is 1. The summed E-state index contributed by atoms with van der Waals surface area (Å²) in [5, 5.41) is 11.6. The molecular formula is C14H20N2O4. The van der Waals surface area contributed by atoms with Crippen LogP contribution in [0, 0.1) is 0 Å². The van der Waals surface area contributed by atoms with Crippen LogP contribution in [-0.4, -0.2) is 48.8 Å². The number of hydrogen-bond donors (Lipinski definition) is 2. The van der Waals surface area contributed by atoms with E-state index in [2.05, 4.69) is 10.1 Å². The number of rotatable bonds is 7. The lowest BCUT2D eigenvalue weighted by atomic mass is 10.3. The minimum atomic E-state index is -0.369. The van der Waals surface area contributed by atoms with Crippen molar-refractivity contribution in [2.45, 2.75) is 12.8 Å². The number of amides is 2. The molecule has 0 heterocycles. The van der Waals surface area contributed by atoms with Gasteiger partial charge in [0.05, 0.1) is 13.5 Å². The first kappa shape index (κ1) is 16.0. The van der Waals surface area contributed by atoms with Crippen LogP contribution in [0.1, 0.15) is 12.8 Å². The molecule has 6 nitrogen and oxygen atoms in total. The number of hydrogen-bond acceptors (Lipinski definition) is 4. The smallest absolute Gasteiger partial charge is 0.321 e. The molecule has 2 amide bonds. The largest absolute Gasteiger partial charge is 0.469 e. The van der Waals surface area contributed by atoms with Crippen molar-refractivity contribution in [3.05, 3.63) is 30.3 Å². The van der Waals surface area contributed by atoms with E-state index in [-0.39, 0.29) is 31.6 Å². The molecule has 20 heavy (non-hydrogen) atoms. The van der Waals surface area contributed by atoms with E-state index in [0.717, 1.165) is 0 Å². The van der Waals surface area contributed by atoms with Gasteiger partial charge in [0.15, 0.2) is 0 Å². The lowest BCUT2D eigenvalue weighted by Crippen LogP contribution is -2.37. The first-order valence-corrected chi connectivity index (χ1v) is 6.46. The number of methoxy groups -OCH3 is 1. The van der Waals surface area contributed by atoms with Gasteiger partial charge in [-0.3, -0.25) is 4.79 Å². The van der Waals surface area contributed by atoms with Gasteiger partial charge in [0.25, 0.3) is 0 Å². The Morgan fingerprint density at radius 3 is 2.55 bits per heavy atom. The molecule has 0 saturated heterocycles. The zero-order chi connectivity index (χ0) is 14.8. The Morgan fingerprint density at radius 2 is 1.95 bits per heavy atom. The van der Waals surface area contributed by atoms with E-state index in [1.807, 2.05) is 18.2 Å². The van der Waals surface area contributed by atoms with Crippen molar-refractivity contribution in [1.82, 2.24) is 4.90 Å². The van der Waals surface area contributed by atoms with Crippen LogP contribution in [0.25, 0.3) is 0 Å². The lowest BCUT2D eigenvalue weighted by molar-refractivity contribution is -0.140. The number of benzene rings is 1. The Morgan fingerprint density at radius 1 is 1.25 bits per heavy atom. The number of nitrogens with zero attached hydrogens (tertiary/aromatic N) is 1. The van der Waals surface area contributed by atoms with E-state index < -0.39 is 0 Å². The fourth-order valence-corrected chi connectivity index (χ4v) is 1.63. The van der Waals surface area contributed by atoms with Crippen LogP contribution in [0.3, 0.4) is 0 Å². The number of esters is 1. The number of ether oxygens (including phenoxy) is 1. The number of carbonyl (C=O) groups is 2. The molecule has 2 N–H and O–H groups in total. The van der Waals surface area contributed by atoms with Crippen LogP contribution in [0.5, 0.6) is 0 Å². The van der Waals surface area contributed by atoms with Crippen LogP contribution >= 0.6 is 0 Å². The molecule has 0 aromatic heterocycles. The molecular weight excluding hydrogens is 260 g/mol. The summed E-state index contributed by atoms with van der Waals surface area (Å²) in [5.41, 5.74) is 0.685. The first-order valence-electron chi connectivity index (χ1n) is 6.46. The maximum atomic E-state index is 12.1. The highest BCUT2D eigenvalue weighted by Gasteiger charge is 2.14. The van der Waals surface area contributed by atoms with Crippen molar-refractivity contribution in [3.8, 4) is 0 Å². The van der Waals surface area contributed by atoms with Crippen LogP contribution in [-0.2, 0) is 9.53 Å². The Labute approximate surface area is 118 Å². The Balaban J connectivity index is 2.56. The number of urea groups is 1.